The molecule has 1 amide bonds. The molecule has 0 unspecified atom stereocenters. The molecule has 1 N–H and O–H groups in total. The van der Waals surface area contributed by atoms with Crippen molar-refractivity contribution in [3.63, 3.8) is 0 Å². The topological polar surface area (TPSA) is 41.6 Å². The van der Waals surface area contributed by atoms with E-state index in [9.17, 15) is 4.79 Å². The molecule has 0 bridgehead atoms. The van der Waals surface area contributed by atoms with Crippen molar-refractivity contribution in [2.75, 3.05) is 26.2 Å². The Kier molecular flexibility index (Phi) is 7.73. The summed E-state index contributed by atoms with van der Waals surface area (Å²) in [5.41, 5.74) is 0. The fourth-order valence-corrected chi connectivity index (χ4v) is 1.91. The van der Waals surface area contributed by atoms with E-state index in [0.29, 0.717) is 13.2 Å². The van der Waals surface area contributed by atoms with E-state index >= 15 is 0 Å². The van der Waals surface area contributed by atoms with Crippen molar-refractivity contribution in [3.05, 3.63) is 30.3 Å². The number of rotatable bonds is 9. The number of likely N-dealkylation sites (N-methyl/N-ethyl adjacent to an activating group) is 1. The molecule has 1 aromatic rings. The van der Waals surface area contributed by atoms with Crippen LogP contribution in [0.2, 0.25) is 0 Å². The van der Waals surface area contributed by atoms with E-state index in [-0.39, 0.29) is 11.9 Å². The van der Waals surface area contributed by atoms with Gasteiger partial charge in [-0.3, -0.25) is 9.69 Å². The standard InChI is InChI=1S/C16H26N2O2/c1-4-18(13-16(19)17-14(2)3)11-8-12-20-15-9-6-5-7-10-15/h5-7,9-10,14H,4,8,11-13H2,1-3H3,(H,17,19). The molecule has 0 heterocycles. The molecule has 4 nitrogen and oxygen atoms in total. The number of hydrogen-bond acceptors (Lipinski definition) is 3. The number of hydrogen-bond donors (Lipinski definition) is 1. The second kappa shape index (κ2) is 9.37. The Morgan fingerprint density at radius 1 is 1.30 bits per heavy atom. The first-order valence-electron chi connectivity index (χ1n) is 7.31. The summed E-state index contributed by atoms with van der Waals surface area (Å²) in [6.45, 7) is 8.89. The van der Waals surface area contributed by atoms with Gasteiger partial charge in [-0.1, -0.05) is 25.1 Å². The highest BCUT2D eigenvalue weighted by Crippen LogP contribution is 2.08. The fraction of sp³-hybridized carbons (Fsp3) is 0.562. The average Bonchev–Trinajstić information content (AvgIpc) is 2.42. The highest BCUT2D eigenvalue weighted by atomic mass is 16.5. The van der Waals surface area contributed by atoms with Gasteiger partial charge in [0.05, 0.1) is 13.2 Å². The molecule has 1 rings (SSSR count). The molecule has 0 saturated heterocycles. The Balaban J connectivity index is 2.19. The van der Waals surface area contributed by atoms with Gasteiger partial charge in [0.2, 0.25) is 5.91 Å². The zero-order valence-electron chi connectivity index (χ0n) is 12.8. The van der Waals surface area contributed by atoms with E-state index in [2.05, 4.69) is 17.1 Å². The van der Waals surface area contributed by atoms with Crippen LogP contribution in [-0.2, 0) is 4.79 Å². The van der Waals surface area contributed by atoms with Crippen molar-refractivity contribution in [1.82, 2.24) is 10.2 Å². The van der Waals surface area contributed by atoms with E-state index in [0.717, 1.165) is 25.3 Å². The van der Waals surface area contributed by atoms with E-state index in [1.165, 1.54) is 0 Å². The molecule has 0 saturated carbocycles. The second-order valence-corrected chi connectivity index (χ2v) is 5.11. The summed E-state index contributed by atoms with van der Waals surface area (Å²) in [4.78, 5) is 13.8. The molecule has 1 aromatic carbocycles. The van der Waals surface area contributed by atoms with Crippen molar-refractivity contribution in [3.8, 4) is 5.75 Å². The van der Waals surface area contributed by atoms with Crippen molar-refractivity contribution in [2.24, 2.45) is 0 Å². The molecular formula is C16H26N2O2. The first-order chi connectivity index (χ1) is 9.61. The fourth-order valence-electron chi connectivity index (χ4n) is 1.91. The smallest absolute Gasteiger partial charge is 0.234 e. The van der Waals surface area contributed by atoms with Crippen LogP contribution >= 0.6 is 0 Å². The Hall–Kier alpha value is -1.55. The van der Waals surface area contributed by atoms with Crippen LogP contribution in [0.1, 0.15) is 27.2 Å². The summed E-state index contributed by atoms with van der Waals surface area (Å²) in [5.74, 6) is 0.985. The Labute approximate surface area is 122 Å². The van der Waals surface area contributed by atoms with Crippen LogP contribution in [0.5, 0.6) is 5.75 Å². The monoisotopic (exact) mass is 278 g/mol. The van der Waals surface area contributed by atoms with Gasteiger partial charge in [-0.15, -0.1) is 0 Å². The molecule has 0 spiro atoms. The maximum Gasteiger partial charge on any atom is 0.234 e. The third kappa shape index (κ3) is 7.14. The molecule has 0 atom stereocenters. The van der Waals surface area contributed by atoms with Gasteiger partial charge in [0.15, 0.2) is 0 Å². The lowest BCUT2D eigenvalue weighted by molar-refractivity contribution is -0.122. The normalized spacial score (nSPS) is 10.8. The molecule has 0 aliphatic carbocycles. The molecule has 4 heteroatoms. The van der Waals surface area contributed by atoms with Crippen molar-refractivity contribution in [2.45, 2.75) is 33.2 Å². The highest BCUT2D eigenvalue weighted by Gasteiger charge is 2.09. The summed E-state index contributed by atoms with van der Waals surface area (Å²) < 4.78 is 5.64. The Morgan fingerprint density at radius 2 is 2.00 bits per heavy atom. The predicted molar refractivity (Wildman–Crippen MR) is 81.9 cm³/mol. The lowest BCUT2D eigenvalue weighted by Crippen LogP contribution is -2.40. The van der Waals surface area contributed by atoms with Crippen LogP contribution in [0.15, 0.2) is 30.3 Å². The van der Waals surface area contributed by atoms with Gasteiger partial charge < -0.3 is 10.1 Å². The second-order valence-electron chi connectivity index (χ2n) is 5.11. The minimum absolute atomic E-state index is 0.0887. The molecule has 0 aromatic heterocycles. The van der Waals surface area contributed by atoms with Crippen LogP contribution in [0.3, 0.4) is 0 Å². The first-order valence-corrected chi connectivity index (χ1v) is 7.31. The van der Waals surface area contributed by atoms with E-state index in [1.54, 1.807) is 0 Å². The SMILES string of the molecule is CCN(CCCOc1ccccc1)CC(=O)NC(C)C. The highest BCUT2D eigenvalue weighted by molar-refractivity contribution is 5.78. The molecule has 0 fully saturated rings. The number of nitrogens with zero attached hydrogens (tertiary/aromatic N) is 1. The van der Waals surface area contributed by atoms with Crippen LogP contribution < -0.4 is 10.1 Å². The minimum Gasteiger partial charge on any atom is -0.494 e. The Morgan fingerprint density at radius 3 is 2.60 bits per heavy atom. The molecule has 0 aliphatic rings. The van der Waals surface area contributed by atoms with E-state index in [1.807, 2.05) is 44.2 Å². The number of carbonyl (C=O) groups excluding carboxylic acids is 1. The molecule has 20 heavy (non-hydrogen) atoms. The van der Waals surface area contributed by atoms with Crippen LogP contribution in [-0.4, -0.2) is 43.1 Å². The maximum atomic E-state index is 11.7. The third-order valence-corrected chi connectivity index (χ3v) is 2.89. The summed E-state index contributed by atoms with van der Waals surface area (Å²) in [7, 11) is 0. The quantitative estimate of drug-likeness (QED) is 0.705. The van der Waals surface area contributed by atoms with E-state index in [4.69, 9.17) is 4.74 Å². The van der Waals surface area contributed by atoms with Gasteiger partial charge in [0.1, 0.15) is 5.75 Å². The number of carbonyl (C=O) groups is 1. The summed E-state index contributed by atoms with van der Waals surface area (Å²) >= 11 is 0. The van der Waals surface area contributed by atoms with Gasteiger partial charge in [0, 0.05) is 12.6 Å². The minimum atomic E-state index is 0.0887. The number of ether oxygens (including phenoxy) is 1. The number of para-hydroxylation sites is 1. The predicted octanol–water partition coefficient (Wildman–Crippen LogP) is 2.30. The molecule has 0 radical (unpaired) electrons. The van der Waals surface area contributed by atoms with Crippen molar-refractivity contribution in [1.29, 1.82) is 0 Å². The largest absolute Gasteiger partial charge is 0.494 e. The lowest BCUT2D eigenvalue weighted by atomic mass is 10.3. The van der Waals surface area contributed by atoms with Gasteiger partial charge in [0.25, 0.3) is 0 Å². The third-order valence-electron chi connectivity index (χ3n) is 2.89. The van der Waals surface area contributed by atoms with Gasteiger partial charge >= 0.3 is 0 Å². The molecule has 112 valence electrons. The van der Waals surface area contributed by atoms with Crippen LogP contribution in [0, 0.1) is 0 Å². The van der Waals surface area contributed by atoms with Crippen LogP contribution in [0.25, 0.3) is 0 Å². The van der Waals surface area contributed by atoms with Gasteiger partial charge in [-0.05, 0) is 38.9 Å². The number of amides is 1. The maximum absolute atomic E-state index is 11.7. The summed E-state index contributed by atoms with van der Waals surface area (Å²) in [6.07, 6.45) is 0.914. The number of benzene rings is 1. The summed E-state index contributed by atoms with van der Waals surface area (Å²) in [6, 6.07) is 10.00. The van der Waals surface area contributed by atoms with Gasteiger partial charge in [-0.2, -0.15) is 0 Å². The molecular weight excluding hydrogens is 252 g/mol. The van der Waals surface area contributed by atoms with Crippen molar-refractivity contribution < 1.29 is 9.53 Å². The average molecular weight is 278 g/mol. The lowest BCUT2D eigenvalue weighted by Gasteiger charge is -2.20. The van der Waals surface area contributed by atoms with Crippen molar-refractivity contribution >= 4 is 5.91 Å². The summed E-state index contributed by atoms with van der Waals surface area (Å²) in [5, 5.41) is 2.91. The van der Waals surface area contributed by atoms with Gasteiger partial charge in [-0.25, -0.2) is 0 Å². The Bertz CT molecular complexity index is 379. The molecule has 0 aliphatic heterocycles. The zero-order chi connectivity index (χ0) is 14.8. The van der Waals surface area contributed by atoms with Crippen LogP contribution in [0.4, 0.5) is 0 Å². The first kappa shape index (κ1) is 16.5. The zero-order valence-corrected chi connectivity index (χ0v) is 12.8. The van der Waals surface area contributed by atoms with E-state index < -0.39 is 0 Å². The number of nitrogens with one attached hydrogen (secondary N) is 1.